The van der Waals surface area contributed by atoms with Crippen molar-refractivity contribution in [1.82, 2.24) is 0 Å². The molecule has 2 heteroatoms. The maximum Gasteiger partial charge on any atom is 0.122 e. The fraction of sp³-hybridized carbons (Fsp3) is 0.500. The molecule has 0 aliphatic rings. The Balaban J connectivity index is 2.94. The van der Waals surface area contributed by atoms with E-state index in [0.717, 1.165) is 5.75 Å². The summed E-state index contributed by atoms with van der Waals surface area (Å²) in [6.07, 6.45) is 0. The normalized spacial score (nSPS) is 14.9. The van der Waals surface area contributed by atoms with Crippen molar-refractivity contribution in [2.24, 2.45) is 5.73 Å². The summed E-state index contributed by atoms with van der Waals surface area (Å²) in [5, 5.41) is 0. The molecule has 0 radical (unpaired) electrons. The summed E-state index contributed by atoms with van der Waals surface area (Å²) in [4.78, 5) is 0. The van der Waals surface area contributed by atoms with Gasteiger partial charge in [0.05, 0.1) is 6.61 Å². The highest BCUT2D eigenvalue weighted by atomic mass is 16.5. The quantitative estimate of drug-likeness (QED) is 0.797. The molecule has 0 aliphatic carbocycles. The highest BCUT2D eigenvalue weighted by Crippen LogP contribution is 2.27. The molecule has 14 heavy (non-hydrogen) atoms. The third-order valence-electron chi connectivity index (χ3n) is 2.50. The Hall–Kier alpha value is -1.02. The van der Waals surface area contributed by atoms with E-state index in [0.29, 0.717) is 12.5 Å². The zero-order valence-corrected chi connectivity index (χ0v) is 9.16. The van der Waals surface area contributed by atoms with Gasteiger partial charge >= 0.3 is 0 Å². The molecule has 2 unspecified atom stereocenters. The molecule has 0 heterocycles. The lowest BCUT2D eigenvalue weighted by molar-refractivity contribution is 0.333. The first kappa shape index (κ1) is 11.1. The first-order valence-corrected chi connectivity index (χ1v) is 5.14. The molecule has 0 fully saturated rings. The van der Waals surface area contributed by atoms with Gasteiger partial charge in [-0.05, 0) is 31.4 Å². The van der Waals surface area contributed by atoms with E-state index < -0.39 is 0 Å². The third-order valence-corrected chi connectivity index (χ3v) is 2.50. The smallest absolute Gasteiger partial charge is 0.122 e. The van der Waals surface area contributed by atoms with Crippen LogP contribution in [-0.4, -0.2) is 12.6 Å². The second kappa shape index (κ2) is 5.01. The predicted molar refractivity (Wildman–Crippen MR) is 59.7 cm³/mol. The molecule has 78 valence electrons. The minimum absolute atomic E-state index is 0.150. The van der Waals surface area contributed by atoms with Gasteiger partial charge < -0.3 is 10.5 Å². The van der Waals surface area contributed by atoms with Crippen LogP contribution in [0.5, 0.6) is 5.75 Å². The summed E-state index contributed by atoms with van der Waals surface area (Å²) >= 11 is 0. The number of nitrogens with two attached hydrogens (primary N) is 1. The molecular weight excluding hydrogens is 174 g/mol. The van der Waals surface area contributed by atoms with E-state index in [1.807, 2.05) is 32.0 Å². The predicted octanol–water partition coefficient (Wildman–Crippen LogP) is 2.54. The van der Waals surface area contributed by atoms with E-state index in [1.54, 1.807) is 0 Å². The highest BCUT2D eigenvalue weighted by Gasteiger charge is 2.14. The number of hydrogen-bond donors (Lipinski definition) is 1. The van der Waals surface area contributed by atoms with E-state index in [9.17, 15) is 0 Å². The maximum absolute atomic E-state index is 5.88. The molecule has 0 amide bonds. The molecule has 0 aliphatic heterocycles. The number of para-hydroxylation sites is 1. The number of hydrogen-bond acceptors (Lipinski definition) is 2. The number of rotatable bonds is 4. The van der Waals surface area contributed by atoms with Gasteiger partial charge in [-0.2, -0.15) is 0 Å². The van der Waals surface area contributed by atoms with Gasteiger partial charge in [-0.1, -0.05) is 25.1 Å². The molecular formula is C12H19NO. The van der Waals surface area contributed by atoms with Crippen LogP contribution < -0.4 is 10.5 Å². The number of ether oxygens (including phenoxy) is 1. The lowest BCUT2D eigenvalue weighted by Crippen LogP contribution is -2.22. The molecule has 1 aromatic carbocycles. The Labute approximate surface area is 86.1 Å². The summed E-state index contributed by atoms with van der Waals surface area (Å²) in [6.45, 7) is 6.84. The molecule has 2 atom stereocenters. The van der Waals surface area contributed by atoms with Crippen molar-refractivity contribution >= 4 is 0 Å². The van der Waals surface area contributed by atoms with Gasteiger partial charge in [-0.25, -0.2) is 0 Å². The fourth-order valence-corrected chi connectivity index (χ4v) is 1.43. The van der Waals surface area contributed by atoms with Crippen molar-refractivity contribution < 1.29 is 4.74 Å². The van der Waals surface area contributed by atoms with Crippen molar-refractivity contribution in [1.29, 1.82) is 0 Å². The average Bonchev–Trinajstić information content (AvgIpc) is 2.18. The average molecular weight is 193 g/mol. The van der Waals surface area contributed by atoms with E-state index in [1.165, 1.54) is 5.56 Å². The number of benzene rings is 1. The van der Waals surface area contributed by atoms with Crippen molar-refractivity contribution in [3.05, 3.63) is 29.8 Å². The standard InChI is InChI=1S/C12H19NO/c1-4-14-12-8-6-5-7-11(12)9(2)10(3)13/h5-10H,4,13H2,1-3H3. The molecule has 0 saturated heterocycles. The van der Waals surface area contributed by atoms with Gasteiger partial charge in [0.1, 0.15) is 5.75 Å². The molecule has 1 aromatic rings. The fourth-order valence-electron chi connectivity index (χ4n) is 1.43. The van der Waals surface area contributed by atoms with Crippen molar-refractivity contribution in [2.75, 3.05) is 6.61 Å². The zero-order chi connectivity index (χ0) is 10.6. The monoisotopic (exact) mass is 193 g/mol. The molecule has 0 aromatic heterocycles. The van der Waals surface area contributed by atoms with Crippen LogP contribution >= 0.6 is 0 Å². The molecule has 0 bridgehead atoms. The van der Waals surface area contributed by atoms with E-state index in [2.05, 4.69) is 13.0 Å². The SMILES string of the molecule is CCOc1ccccc1C(C)C(C)N. The van der Waals surface area contributed by atoms with Gasteiger partial charge in [0.25, 0.3) is 0 Å². The lowest BCUT2D eigenvalue weighted by atomic mass is 9.94. The van der Waals surface area contributed by atoms with Crippen LogP contribution in [0.3, 0.4) is 0 Å². The van der Waals surface area contributed by atoms with Gasteiger partial charge in [0, 0.05) is 6.04 Å². The van der Waals surface area contributed by atoms with Crippen LogP contribution in [-0.2, 0) is 0 Å². The van der Waals surface area contributed by atoms with E-state index in [-0.39, 0.29) is 6.04 Å². The molecule has 2 N–H and O–H groups in total. The highest BCUT2D eigenvalue weighted by molar-refractivity contribution is 5.36. The second-order valence-electron chi connectivity index (χ2n) is 3.62. The summed E-state index contributed by atoms with van der Waals surface area (Å²) in [7, 11) is 0. The Morgan fingerprint density at radius 3 is 2.50 bits per heavy atom. The zero-order valence-electron chi connectivity index (χ0n) is 9.16. The lowest BCUT2D eigenvalue weighted by Gasteiger charge is -2.19. The topological polar surface area (TPSA) is 35.2 Å². The Bertz CT molecular complexity index is 283. The summed E-state index contributed by atoms with van der Waals surface area (Å²) in [5.74, 6) is 1.29. The molecule has 0 saturated carbocycles. The van der Waals surface area contributed by atoms with Gasteiger partial charge in [-0.15, -0.1) is 0 Å². The van der Waals surface area contributed by atoms with Crippen LogP contribution in [0.2, 0.25) is 0 Å². The van der Waals surface area contributed by atoms with E-state index >= 15 is 0 Å². The van der Waals surface area contributed by atoms with Crippen LogP contribution in [0, 0.1) is 0 Å². The van der Waals surface area contributed by atoms with Crippen LogP contribution in [0.25, 0.3) is 0 Å². The summed E-state index contributed by atoms with van der Waals surface area (Å²) < 4.78 is 5.55. The first-order chi connectivity index (χ1) is 6.66. The van der Waals surface area contributed by atoms with Crippen molar-refractivity contribution in [2.45, 2.75) is 32.7 Å². The minimum atomic E-state index is 0.150. The Morgan fingerprint density at radius 2 is 1.93 bits per heavy atom. The van der Waals surface area contributed by atoms with Crippen molar-refractivity contribution in [3.63, 3.8) is 0 Å². The second-order valence-corrected chi connectivity index (χ2v) is 3.62. The third kappa shape index (κ3) is 2.48. The van der Waals surface area contributed by atoms with Gasteiger partial charge in [-0.3, -0.25) is 0 Å². The summed E-state index contributed by atoms with van der Waals surface area (Å²) in [5.41, 5.74) is 7.08. The minimum Gasteiger partial charge on any atom is -0.494 e. The Kier molecular flexibility index (Phi) is 3.96. The molecule has 2 nitrogen and oxygen atoms in total. The summed E-state index contributed by atoms with van der Waals surface area (Å²) in [6, 6.07) is 8.24. The van der Waals surface area contributed by atoms with Gasteiger partial charge in [0.2, 0.25) is 0 Å². The van der Waals surface area contributed by atoms with Crippen LogP contribution in [0.1, 0.15) is 32.3 Å². The molecule has 1 rings (SSSR count). The van der Waals surface area contributed by atoms with Gasteiger partial charge in [0.15, 0.2) is 0 Å². The molecule has 0 spiro atoms. The van der Waals surface area contributed by atoms with Crippen molar-refractivity contribution in [3.8, 4) is 5.75 Å². The van der Waals surface area contributed by atoms with Crippen LogP contribution in [0.4, 0.5) is 0 Å². The first-order valence-electron chi connectivity index (χ1n) is 5.14. The maximum atomic E-state index is 5.88. The van der Waals surface area contributed by atoms with Crippen LogP contribution in [0.15, 0.2) is 24.3 Å². The Morgan fingerprint density at radius 1 is 1.29 bits per heavy atom. The van der Waals surface area contributed by atoms with E-state index in [4.69, 9.17) is 10.5 Å². The largest absolute Gasteiger partial charge is 0.494 e.